The molecule has 0 saturated carbocycles. The van der Waals surface area contributed by atoms with Crippen LogP contribution in [0.4, 0.5) is 15.8 Å². The Morgan fingerprint density at radius 3 is 2.26 bits per heavy atom. The molecule has 0 fully saturated rings. The first-order valence-corrected chi connectivity index (χ1v) is 12.4. The Hall–Kier alpha value is -2.98. The molecule has 35 heavy (non-hydrogen) atoms. The van der Waals surface area contributed by atoms with E-state index < -0.39 is 0 Å². The number of thioether (sulfide) groups is 1. The largest absolute Gasteiger partial charge is 0.493 e. The number of rotatable bonds is 9. The van der Waals surface area contributed by atoms with Crippen molar-refractivity contribution < 1.29 is 30.0 Å². The molecule has 0 aliphatic carbocycles. The summed E-state index contributed by atoms with van der Waals surface area (Å²) in [7, 11) is 1.59. The number of hydrogen-bond acceptors (Lipinski definition) is 6. The van der Waals surface area contributed by atoms with Crippen molar-refractivity contribution in [3.63, 3.8) is 0 Å². The molecule has 0 heterocycles. The molecule has 3 rings (SSSR count). The van der Waals surface area contributed by atoms with Gasteiger partial charge in [0.15, 0.2) is 11.5 Å². The van der Waals surface area contributed by atoms with Gasteiger partial charge in [-0.25, -0.2) is 4.39 Å². The fourth-order valence-electron chi connectivity index (χ4n) is 3.30. The van der Waals surface area contributed by atoms with Crippen LogP contribution in [0.5, 0.6) is 11.5 Å². The fourth-order valence-corrected chi connectivity index (χ4v) is 3.30. The number of ether oxygens (including phenoxy) is 2. The molecule has 0 aromatic heterocycles. The third-order valence-electron chi connectivity index (χ3n) is 4.69. The van der Waals surface area contributed by atoms with E-state index in [4.69, 9.17) is 9.47 Å². The van der Waals surface area contributed by atoms with Crippen molar-refractivity contribution in [3.8, 4) is 22.6 Å². The van der Waals surface area contributed by atoms with Gasteiger partial charge in [0.05, 0.1) is 31.6 Å². The van der Waals surface area contributed by atoms with E-state index in [0.29, 0.717) is 35.9 Å². The van der Waals surface area contributed by atoms with E-state index in [2.05, 4.69) is 5.32 Å². The summed E-state index contributed by atoms with van der Waals surface area (Å²) in [5.41, 5.74) is 3.45. The first-order chi connectivity index (χ1) is 16.0. The Morgan fingerprint density at radius 1 is 0.971 bits per heavy atom. The van der Waals surface area contributed by atoms with Crippen LogP contribution in [0.15, 0.2) is 60.7 Å². The van der Waals surface area contributed by atoms with E-state index in [1.165, 1.54) is 11.1 Å². The average molecular weight is 509 g/mol. The predicted molar refractivity (Wildman–Crippen MR) is 145 cm³/mol. The maximum absolute atomic E-state index is 14.2. The van der Waals surface area contributed by atoms with Crippen LogP contribution in [0, 0.1) is 5.82 Å². The van der Waals surface area contributed by atoms with Crippen molar-refractivity contribution in [3.05, 3.63) is 72.0 Å². The molecule has 6 N–H and O–H groups in total. The summed E-state index contributed by atoms with van der Waals surface area (Å²) in [6.07, 6.45) is 4.08. The highest BCUT2D eigenvalue weighted by Crippen LogP contribution is 2.34. The molecule has 0 bridgehead atoms. The standard InChI is InChI=1S/C24H27FN2O3.C2H6S.2H2O/c1-4-26-21-15-18(19-8-6-7-9-20(19)25)11-12-22(21)27(28)16-17-10-13-23(29-3)24(14-17)30-5-2;1-3-2;;/h6-15,26,28H,4-5,16H2,1-3H3;1-2H3;2*1H2. The molecule has 3 aromatic carbocycles. The molecule has 0 saturated heterocycles. The summed E-state index contributed by atoms with van der Waals surface area (Å²) in [6.45, 7) is 5.31. The first kappa shape index (κ1) is 32.0. The number of methoxy groups -OCH3 is 1. The minimum atomic E-state index is -0.282. The van der Waals surface area contributed by atoms with Crippen LogP contribution in [-0.4, -0.2) is 48.9 Å². The molecule has 9 heteroatoms. The van der Waals surface area contributed by atoms with E-state index in [-0.39, 0.29) is 23.3 Å². The average Bonchev–Trinajstić information content (AvgIpc) is 2.80. The minimum Gasteiger partial charge on any atom is -0.493 e. The van der Waals surface area contributed by atoms with Crippen molar-refractivity contribution >= 4 is 23.1 Å². The molecular formula is C26H37FN2O5S. The van der Waals surface area contributed by atoms with Gasteiger partial charge in [0.2, 0.25) is 0 Å². The second-order valence-electron chi connectivity index (χ2n) is 7.13. The maximum atomic E-state index is 14.2. The third-order valence-corrected chi connectivity index (χ3v) is 4.69. The van der Waals surface area contributed by atoms with E-state index in [9.17, 15) is 9.60 Å². The number of hydroxylamine groups is 1. The van der Waals surface area contributed by atoms with Crippen LogP contribution in [0.25, 0.3) is 11.1 Å². The maximum Gasteiger partial charge on any atom is 0.161 e. The Morgan fingerprint density at radius 2 is 1.66 bits per heavy atom. The van der Waals surface area contributed by atoms with Gasteiger partial charge in [0.25, 0.3) is 0 Å². The summed E-state index contributed by atoms with van der Waals surface area (Å²) >= 11 is 1.75. The number of nitrogens with one attached hydrogen (secondary N) is 1. The topological polar surface area (TPSA) is 117 Å². The molecule has 0 radical (unpaired) electrons. The first-order valence-electron chi connectivity index (χ1n) is 10.8. The molecule has 0 amide bonds. The monoisotopic (exact) mass is 508 g/mol. The van der Waals surface area contributed by atoms with Crippen molar-refractivity contribution in [1.82, 2.24) is 0 Å². The van der Waals surface area contributed by atoms with Gasteiger partial charge in [0, 0.05) is 12.1 Å². The van der Waals surface area contributed by atoms with E-state index in [1.54, 1.807) is 49.2 Å². The second kappa shape index (κ2) is 16.6. The Bertz CT molecular complexity index is 1020. The predicted octanol–water partition coefficient (Wildman–Crippen LogP) is 5.06. The number of halogens is 1. The van der Waals surface area contributed by atoms with Crippen molar-refractivity contribution in [2.24, 2.45) is 0 Å². The highest BCUT2D eigenvalue weighted by atomic mass is 32.2. The quantitative estimate of drug-likeness (QED) is 0.390. The summed E-state index contributed by atoms with van der Waals surface area (Å²) in [4.78, 5) is 0. The van der Waals surface area contributed by atoms with Crippen LogP contribution in [0.2, 0.25) is 0 Å². The zero-order chi connectivity index (χ0) is 24.2. The highest BCUT2D eigenvalue weighted by Gasteiger charge is 2.14. The van der Waals surface area contributed by atoms with Gasteiger partial charge in [-0.05, 0) is 67.8 Å². The van der Waals surface area contributed by atoms with Crippen LogP contribution >= 0.6 is 11.8 Å². The lowest BCUT2D eigenvalue weighted by Gasteiger charge is -2.22. The lowest BCUT2D eigenvalue weighted by Crippen LogP contribution is -2.19. The molecule has 7 nitrogen and oxygen atoms in total. The fraction of sp³-hybridized carbons (Fsp3) is 0.308. The van der Waals surface area contributed by atoms with Gasteiger partial charge < -0.3 is 25.7 Å². The van der Waals surface area contributed by atoms with Crippen LogP contribution in [-0.2, 0) is 6.54 Å². The van der Waals surface area contributed by atoms with E-state index in [0.717, 1.165) is 16.8 Å². The summed E-state index contributed by atoms with van der Waals surface area (Å²) in [5.74, 6) is 0.996. The number of benzene rings is 3. The molecule has 3 aromatic rings. The third kappa shape index (κ3) is 8.95. The zero-order valence-electron chi connectivity index (χ0n) is 20.9. The van der Waals surface area contributed by atoms with Gasteiger partial charge in [-0.2, -0.15) is 11.8 Å². The lowest BCUT2D eigenvalue weighted by molar-refractivity contribution is 0.250. The highest BCUT2D eigenvalue weighted by molar-refractivity contribution is 7.97. The van der Waals surface area contributed by atoms with E-state index in [1.807, 2.05) is 50.6 Å². The van der Waals surface area contributed by atoms with Gasteiger partial charge in [-0.1, -0.05) is 30.3 Å². The van der Waals surface area contributed by atoms with E-state index >= 15 is 0 Å². The number of hydrogen-bond donors (Lipinski definition) is 2. The van der Waals surface area contributed by atoms with Crippen LogP contribution in [0.1, 0.15) is 19.4 Å². The molecular weight excluding hydrogens is 471 g/mol. The normalized spacial score (nSPS) is 9.57. The second-order valence-corrected chi connectivity index (χ2v) is 7.94. The molecule has 0 unspecified atom stereocenters. The molecule has 0 aliphatic heterocycles. The minimum absolute atomic E-state index is 0. The Labute approximate surface area is 211 Å². The van der Waals surface area contributed by atoms with Crippen LogP contribution < -0.4 is 19.9 Å². The summed E-state index contributed by atoms with van der Waals surface area (Å²) < 4.78 is 25.1. The number of anilines is 2. The van der Waals surface area contributed by atoms with Crippen molar-refractivity contribution in [2.75, 3.05) is 43.2 Å². The SMILES string of the molecule is CCNc1cc(-c2ccccc2F)ccc1N(O)Cc1ccc(OC)c(OCC)c1.CSC.O.O. The Balaban J connectivity index is 0.00000220. The summed E-state index contributed by atoms with van der Waals surface area (Å²) in [6, 6.07) is 17.6. The number of nitrogens with zero attached hydrogens (tertiary/aromatic N) is 1. The van der Waals surface area contributed by atoms with Crippen LogP contribution in [0.3, 0.4) is 0 Å². The molecule has 0 aliphatic rings. The van der Waals surface area contributed by atoms with Gasteiger partial charge in [0.1, 0.15) is 5.82 Å². The molecule has 0 atom stereocenters. The lowest BCUT2D eigenvalue weighted by atomic mass is 10.0. The van der Waals surface area contributed by atoms with Gasteiger partial charge >= 0.3 is 0 Å². The zero-order valence-corrected chi connectivity index (χ0v) is 21.7. The summed E-state index contributed by atoms with van der Waals surface area (Å²) in [5, 5.41) is 15.2. The van der Waals surface area contributed by atoms with Gasteiger partial charge in [-0.15, -0.1) is 0 Å². The van der Waals surface area contributed by atoms with Crippen molar-refractivity contribution in [1.29, 1.82) is 0 Å². The van der Waals surface area contributed by atoms with Crippen molar-refractivity contribution in [2.45, 2.75) is 20.4 Å². The Kier molecular flexibility index (Phi) is 15.2. The molecule has 0 spiro atoms. The van der Waals surface area contributed by atoms with Gasteiger partial charge in [-0.3, -0.25) is 10.3 Å². The molecule has 194 valence electrons. The smallest absolute Gasteiger partial charge is 0.161 e.